The molecular formula is C18H28N4O3S. The third kappa shape index (κ3) is 4.55. The van der Waals surface area contributed by atoms with E-state index in [1.54, 1.807) is 0 Å². The third-order valence-corrected chi connectivity index (χ3v) is 6.53. The summed E-state index contributed by atoms with van der Waals surface area (Å²) in [6.45, 7) is 4.88. The van der Waals surface area contributed by atoms with Crippen LogP contribution in [0.5, 0.6) is 0 Å². The summed E-state index contributed by atoms with van der Waals surface area (Å²) < 4.78 is 28.2. The van der Waals surface area contributed by atoms with Crippen LogP contribution in [0.4, 0.5) is 0 Å². The van der Waals surface area contributed by atoms with E-state index in [1.165, 1.54) is 0 Å². The molecule has 144 valence electrons. The molecule has 26 heavy (non-hydrogen) atoms. The molecule has 7 nitrogen and oxygen atoms in total. The molecule has 0 bridgehead atoms. The molecule has 1 aromatic heterocycles. The molecule has 0 aliphatic carbocycles. The van der Waals surface area contributed by atoms with E-state index in [1.807, 2.05) is 35.8 Å². The Morgan fingerprint density at radius 3 is 2.69 bits per heavy atom. The van der Waals surface area contributed by atoms with Gasteiger partial charge in [0.25, 0.3) is 0 Å². The van der Waals surface area contributed by atoms with Crippen LogP contribution in [0.15, 0.2) is 29.1 Å². The minimum absolute atomic E-state index is 0.0478. The summed E-state index contributed by atoms with van der Waals surface area (Å²) in [4.78, 5) is 17.5. The number of H-pyrrole nitrogens is 1. The molecule has 1 aliphatic rings. The van der Waals surface area contributed by atoms with Gasteiger partial charge in [-0.3, -0.25) is 4.57 Å². The summed E-state index contributed by atoms with van der Waals surface area (Å²) in [5.41, 5.74) is 1.79. The van der Waals surface area contributed by atoms with Crippen molar-refractivity contribution in [1.29, 1.82) is 0 Å². The predicted molar refractivity (Wildman–Crippen MR) is 104 cm³/mol. The zero-order valence-electron chi connectivity index (χ0n) is 15.3. The van der Waals surface area contributed by atoms with E-state index < -0.39 is 10.0 Å². The number of likely N-dealkylation sites (tertiary alicyclic amines) is 1. The summed E-state index contributed by atoms with van der Waals surface area (Å²) in [5, 5.41) is 0. The van der Waals surface area contributed by atoms with Crippen molar-refractivity contribution in [3.63, 3.8) is 0 Å². The van der Waals surface area contributed by atoms with Gasteiger partial charge < -0.3 is 9.88 Å². The van der Waals surface area contributed by atoms with E-state index in [9.17, 15) is 13.2 Å². The number of piperidine rings is 1. The van der Waals surface area contributed by atoms with Crippen LogP contribution in [0.1, 0.15) is 38.6 Å². The van der Waals surface area contributed by atoms with Gasteiger partial charge in [-0.25, -0.2) is 17.9 Å². The Morgan fingerprint density at radius 2 is 1.96 bits per heavy atom. The molecule has 2 aromatic rings. The summed E-state index contributed by atoms with van der Waals surface area (Å²) >= 11 is 0. The number of hydrogen-bond acceptors (Lipinski definition) is 4. The van der Waals surface area contributed by atoms with Crippen molar-refractivity contribution in [2.45, 2.75) is 38.6 Å². The lowest BCUT2D eigenvalue weighted by atomic mass is 10.0. The molecule has 2 heterocycles. The van der Waals surface area contributed by atoms with Crippen LogP contribution in [-0.4, -0.2) is 54.8 Å². The van der Waals surface area contributed by atoms with Crippen LogP contribution >= 0.6 is 0 Å². The fourth-order valence-electron chi connectivity index (χ4n) is 3.60. The lowest BCUT2D eigenvalue weighted by Gasteiger charge is -2.32. The lowest BCUT2D eigenvalue weighted by Crippen LogP contribution is -2.41. The predicted octanol–water partition coefficient (Wildman–Crippen LogP) is 1.69. The highest BCUT2D eigenvalue weighted by Crippen LogP contribution is 2.24. The molecule has 2 N–H and O–H groups in total. The minimum Gasteiger partial charge on any atom is -0.306 e. The van der Waals surface area contributed by atoms with E-state index in [0.29, 0.717) is 19.5 Å². The molecule has 8 heteroatoms. The van der Waals surface area contributed by atoms with Gasteiger partial charge in [0, 0.05) is 32.2 Å². The maximum Gasteiger partial charge on any atom is 0.326 e. The number of fused-ring (bicyclic) bond motifs is 1. The van der Waals surface area contributed by atoms with Gasteiger partial charge in [-0.1, -0.05) is 25.5 Å². The number of aromatic nitrogens is 2. The van der Waals surface area contributed by atoms with Gasteiger partial charge in [0.15, 0.2) is 0 Å². The van der Waals surface area contributed by atoms with Crippen LogP contribution in [0.2, 0.25) is 0 Å². The van der Waals surface area contributed by atoms with Crippen LogP contribution in [-0.2, 0) is 10.0 Å². The average molecular weight is 381 g/mol. The number of para-hydroxylation sites is 2. The number of rotatable bonds is 8. The molecule has 1 saturated heterocycles. The number of imidazole rings is 1. The van der Waals surface area contributed by atoms with Gasteiger partial charge in [0.05, 0.1) is 16.8 Å². The number of nitrogens with zero attached hydrogens (tertiary/aromatic N) is 2. The Bertz CT molecular complexity index is 879. The zero-order chi connectivity index (χ0) is 18.6. The van der Waals surface area contributed by atoms with Gasteiger partial charge >= 0.3 is 5.69 Å². The van der Waals surface area contributed by atoms with Crippen molar-refractivity contribution in [2.75, 3.05) is 31.9 Å². The van der Waals surface area contributed by atoms with Crippen molar-refractivity contribution in [3.8, 4) is 0 Å². The summed E-state index contributed by atoms with van der Waals surface area (Å²) in [6.07, 6.45) is 3.36. The topological polar surface area (TPSA) is 87.2 Å². The first kappa shape index (κ1) is 19.1. The molecular weight excluding hydrogens is 352 g/mol. The van der Waals surface area contributed by atoms with Crippen LogP contribution in [0.25, 0.3) is 11.0 Å². The highest BCUT2D eigenvalue weighted by molar-refractivity contribution is 7.89. The number of hydrogen-bond donors (Lipinski definition) is 2. The Kier molecular flexibility index (Phi) is 6.16. The summed E-state index contributed by atoms with van der Waals surface area (Å²) in [7, 11) is -3.15. The van der Waals surface area contributed by atoms with E-state index in [-0.39, 0.29) is 17.5 Å². The normalized spacial score (nSPS) is 17.1. The number of sulfonamides is 1. The van der Waals surface area contributed by atoms with Crippen molar-refractivity contribution >= 4 is 21.1 Å². The molecule has 3 rings (SSSR count). The number of benzene rings is 1. The molecule has 0 radical (unpaired) electrons. The first-order chi connectivity index (χ1) is 12.5. The van der Waals surface area contributed by atoms with Crippen molar-refractivity contribution in [2.24, 2.45) is 0 Å². The van der Waals surface area contributed by atoms with E-state index >= 15 is 0 Å². The molecule has 1 fully saturated rings. The van der Waals surface area contributed by atoms with Crippen molar-refractivity contribution < 1.29 is 8.42 Å². The average Bonchev–Trinajstić information content (AvgIpc) is 2.96. The lowest BCUT2D eigenvalue weighted by molar-refractivity contribution is 0.190. The monoisotopic (exact) mass is 380 g/mol. The maximum absolute atomic E-state index is 12.3. The Morgan fingerprint density at radius 1 is 1.23 bits per heavy atom. The highest BCUT2D eigenvalue weighted by Gasteiger charge is 2.23. The fourth-order valence-corrected chi connectivity index (χ4v) is 4.82. The second kappa shape index (κ2) is 8.37. The van der Waals surface area contributed by atoms with Gasteiger partial charge in [-0.2, -0.15) is 0 Å². The van der Waals surface area contributed by atoms with Gasteiger partial charge in [-0.15, -0.1) is 0 Å². The molecule has 1 aromatic carbocycles. The third-order valence-electron chi connectivity index (χ3n) is 5.06. The van der Waals surface area contributed by atoms with E-state index in [0.717, 1.165) is 43.4 Å². The highest BCUT2D eigenvalue weighted by atomic mass is 32.2. The minimum atomic E-state index is -3.15. The second-order valence-corrected chi connectivity index (χ2v) is 8.88. The molecule has 0 spiro atoms. The van der Waals surface area contributed by atoms with Gasteiger partial charge in [-0.05, 0) is 31.4 Å². The summed E-state index contributed by atoms with van der Waals surface area (Å²) in [5.74, 6) is 0.203. The van der Waals surface area contributed by atoms with Crippen molar-refractivity contribution in [1.82, 2.24) is 19.2 Å². The van der Waals surface area contributed by atoms with Crippen LogP contribution < -0.4 is 10.4 Å². The van der Waals surface area contributed by atoms with E-state index in [4.69, 9.17) is 0 Å². The van der Waals surface area contributed by atoms with Crippen LogP contribution in [0, 0.1) is 0 Å². The van der Waals surface area contributed by atoms with Gasteiger partial charge in [0.2, 0.25) is 10.0 Å². The standard InChI is InChI=1S/C18H28N4O3S/c1-2-3-14-26(24,25)19-10-13-21-11-8-15(9-12-21)22-17-7-5-4-6-16(17)20-18(22)23/h4-7,15,19H,2-3,8-14H2,1H3,(H,20,23). The molecule has 0 unspecified atom stereocenters. The first-order valence-electron chi connectivity index (χ1n) is 9.39. The van der Waals surface area contributed by atoms with Crippen LogP contribution in [0.3, 0.4) is 0 Å². The zero-order valence-corrected chi connectivity index (χ0v) is 16.1. The number of unbranched alkanes of at least 4 members (excludes halogenated alkanes) is 1. The SMILES string of the molecule is CCCCS(=O)(=O)NCCN1CCC(n2c(=O)[nH]c3ccccc32)CC1. The Hall–Kier alpha value is -1.64. The Labute approximate surface area is 154 Å². The molecule has 1 aliphatic heterocycles. The van der Waals surface area contributed by atoms with Crippen molar-refractivity contribution in [3.05, 3.63) is 34.7 Å². The number of nitrogens with one attached hydrogen (secondary N) is 2. The largest absolute Gasteiger partial charge is 0.326 e. The first-order valence-corrected chi connectivity index (χ1v) is 11.0. The summed E-state index contributed by atoms with van der Waals surface area (Å²) in [6, 6.07) is 7.97. The molecule has 0 amide bonds. The molecule has 0 atom stereocenters. The fraction of sp³-hybridized carbons (Fsp3) is 0.611. The number of aromatic amines is 1. The second-order valence-electron chi connectivity index (χ2n) is 6.96. The maximum atomic E-state index is 12.3. The van der Waals surface area contributed by atoms with Gasteiger partial charge in [0.1, 0.15) is 0 Å². The Balaban J connectivity index is 1.52. The van der Waals surface area contributed by atoms with E-state index in [2.05, 4.69) is 14.6 Å². The smallest absolute Gasteiger partial charge is 0.306 e. The quantitative estimate of drug-likeness (QED) is 0.729. The molecule has 0 saturated carbocycles.